The summed E-state index contributed by atoms with van der Waals surface area (Å²) in [6.45, 7) is 2.40. The number of carboxylic acids is 1. The number of likely N-dealkylation sites (tertiary alicyclic amines) is 1. The van der Waals surface area contributed by atoms with Crippen molar-refractivity contribution in [2.24, 2.45) is 0 Å². The van der Waals surface area contributed by atoms with Gasteiger partial charge in [-0.25, -0.2) is 4.79 Å². The maximum absolute atomic E-state index is 11.7. The molecule has 1 aliphatic rings. The summed E-state index contributed by atoms with van der Waals surface area (Å²) in [4.78, 5) is 35.6. The summed E-state index contributed by atoms with van der Waals surface area (Å²) < 4.78 is 0. The lowest BCUT2D eigenvalue weighted by Gasteiger charge is -2.26. The van der Waals surface area contributed by atoms with Crippen LogP contribution in [0, 0.1) is 0 Å². The van der Waals surface area contributed by atoms with Crippen LogP contribution in [0.4, 0.5) is 0 Å². The smallest absolute Gasteiger partial charge is 0.326 e. The molecule has 18 heavy (non-hydrogen) atoms. The van der Waals surface area contributed by atoms with E-state index >= 15 is 0 Å². The summed E-state index contributed by atoms with van der Waals surface area (Å²) in [7, 11) is 0. The van der Waals surface area contributed by atoms with E-state index in [2.05, 4.69) is 5.32 Å². The van der Waals surface area contributed by atoms with Crippen molar-refractivity contribution in [2.45, 2.75) is 45.1 Å². The van der Waals surface area contributed by atoms with Crippen molar-refractivity contribution in [3.05, 3.63) is 0 Å². The minimum atomic E-state index is -1.03. The number of hydrogen-bond acceptors (Lipinski definition) is 3. The number of carbonyl (C=O) groups is 3. The Bertz CT molecular complexity index is 322. The van der Waals surface area contributed by atoms with Crippen molar-refractivity contribution >= 4 is 17.8 Å². The highest BCUT2D eigenvalue weighted by atomic mass is 16.4. The highest BCUT2D eigenvalue weighted by Gasteiger charge is 2.23. The number of piperidine rings is 1. The number of nitrogens with zero attached hydrogens (tertiary/aromatic N) is 1. The third-order valence-corrected chi connectivity index (χ3v) is 2.97. The normalized spacial score (nSPS) is 17.4. The average Bonchev–Trinajstić information content (AvgIpc) is 2.31. The van der Waals surface area contributed by atoms with E-state index in [0.717, 1.165) is 12.8 Å². The van der Waals surface area contributed by atoms with Gasteiger partial charge in [0.05, 0.1) is 6.54 Å². The second-order valence-corrected chi connectivity index (χ2v) is 4.52. The minimum Gasteiger partial charge on any atom is -0.480 e. The summed E-state index contributed by atoms with van der Waals surface area (Å²) in [5.74, 6) is -1.46. The van der Waals surface area contributed by atoms with Crippen LogP contribution < -0.4 is 5.32 Å². The van der Waals surface area contributed by atoms with Crippen LogP contribution in [0.3, 0.4) is 0 Å². The molecule has 6 heteroatoms. The Kier molecular flexibility index (Phi) is 5.61. The number of carbonyl (C=O) groups excluding carboxylic acids is 2. The molecule has 1 fully saturated rings. The van der Waals surface area contributed by atoms with E-state index in [4.69, 9.17) is 5.11 Å². The van der Waals surface area contributed by atoms with Gasteiger partial charge >= 0.3 is 5.97 Å². The molecule has 0 bridgehead atoms. The van der Waals surface area contributed by atoms with Gasteiger partial charge in [0.1, 0.15) is 6.04 Å². The Morgan fingerprint density at radius 3 is 2.72 bits per heavy atom. The topological polar surface area (TPSA) is 86.7 Å². The van der Waals surface area contributed by atoms with Crippen LogP contribution in [-0.4, -0.2) is 46.9 Å². The van der Waals surface area contributed by atoms with E-state index in [1.807, 2.05) is 6.92 Å². The lowest BCUT2D eigenvalue weighted by atomic mass is 10.1. The first-order valence-corrected chi connectivity index (χ1v) is 6.34. The van der Waals surface area contributed by atoms with Crippen molar-refractivity contribution in [3.8, 4) is 0 Å². The van der Waals surface area contributed by atoms with Crippen LogP contribution in [0.15, 0.2) is 0 Å². The number of rotatable bonds is 6. The largest absolute Gasteiger partial charge is 0.480 e. The monoisotopic (exact) mass is 256 g/mol. The van der Waals surface area contributed by atoms with Crippen LogP contribution in [0.5, 0.6) is 0 Å². The van der Waals surface area contributed by atoms with E-state index in [0.29, 0.717) is 25.8 Å². The summed E-state index contributed by atoms with van der Waals surface area (Å²) >= 11 is 0. The molecule has 0 aromatic rings. The molecule has 0 saturated carbocycles. The second-order valence-electron chi connectivity index (χ2n) is 4.52. The first-order chi connectivity index (χ1) is 8.54. The van der Waals surface area contributed by atoms with E-state index in [9.17, 15) is 14.4 Å². The summed E-state index contributed by atoms with van der Waals surface area (Å²) in [5, 5.41) is 11.4. The van der Waals surface area contributed by atoms with Gasteiger partial charge in [0.2, 0.25) is 11.8 Å². The van der Waals surface area contributed by atoms with Crippen LogP contribution >= 0.6 is 0 Å². The van der Waals surface area contributed by atoms with Crippen molar-refractivity contribution in [1.29, 1.82) is 0 Å². The molecule has 1 atom stereocenters. The Hall–Kier alpha value is -1.59. The molecule has 0 spiro atoms. The van der Waals surface area contributed by atoms with E-state index in [1.165, 1.54) is 4.90 Å². The van der Waals surface area contributed by atoms with Crippen LogP contribution in [0.1, 0.15) is 39.0 Å². The number of amides is 2. The van der Waals surface area contributed by atoms with Gasteiger partial charge in [-0.3, -0.25) is 9.59 Å². The molecule has 1 aliphatic heterocycles. The molecule has 1 rings (SSSR count). The first kappa shape index (κ1) is 14.5. The summed E-state index contributed by atoms with van der Waals surface area (Å²) in [6.07, 6.45) is 3.32. The predicted molar refractivity (Wildman–Crippen MR) is 64.9 cm³/mol. The number of nitrogens with one attached hydrogen (secondary N) is 1. The maximum Gasteiger partial charge on any atom is 0.326 e. The Morgan fingerprint density at radius 2 is 2.17 bits per heavy atom. The molecule has 1 saturated heterocycles. The molecule has 0 aliphatic carbocycles. The second kappa shape index (κ2) is 6.98. The quantitative estimate of drug-likeness (QED) is 0.718. The molecular weight excluding hydrogens is 236 g/mol. The zero-order valence-corrected chi connectivity index (χ0v) is 10.6. The summed E-state index contributed by atoms with van der Waals surface area (Å²) in [6, 6.07) is -0.859. The standard InChI is InChI=1S/C12H20N2O4/c1-2-5-9(12(17)18)13-10(15)8-14-7-4-3-6-11(14)16/h9H,2-8H2,1H3,(H,13,15)(H,17,18). The van der Waals surface area contributed by atoms with Gasteiger partial charge in [0.15, 0.2) is 0 Å². The third kappa shape index (κ3) is 4.35. The molecule has 2 amide bonds. The van der Waals surface area contributed by atoms with Gasteiger partial charge in [-0.2, -0.15) is 0 Å². The zero-order chi connectivity index (χ0) is 13.5. The minimum absolute atomic E-state index is 0.0289. The van der Waals surface area contributed by atoms with Crippen molar-refractivity contribution in [1.82, 2.24) is 10.2 Å². The molecule has 2 N–H and O–H groups in total. The molecule has 0 aromatic heterocycles. The predicted octanol–water partition coefficient (Wildman–Crippen LogP) is 0.368. The summed E-state index contributed by atoms with van der Waals surface area (Å²) in [5.41, 5.74) is 0. The van der Waals surface area contributed by atoms with Crippen LogP contribution in [-0.2, 0) is 14.4 Å². The van der Waals surface area contributed by atoms with Gasteiger partial charge in [-0.15, -0.1) is 0 Å². The molecule has 102 valence electrons. The molecular formula is C12H20N2O4. The van der Waals surface area contributed by atoms with Crippen molar-refractivity contribution in [2.75, 3.05) is 13.1 Å². The van der Waals surface area contributed by atoms with E-state index < -0.39 is 17.9 Å². The van der Waals surface area contributed by atoms with Gasteiger partial charge in [-0.05, 0) is 19.3 Å². The highest BCUT2D eigenvalue weighted by Crippen LogP contribution is 2.09. The van der Waals surface area contributed by atoms with Crippen LogP contribution in [0.25, 0.3) is 0 Å². The van der Waals surface area contributed by atoms with Gasteiger partial charge < -0.3 is 15.3 Å². The lowest BCUT2D eigenvalue weighted by molar-refractivity contribution is -0.143. The van der Waals surface area contributed by atoms with Gasteiger partial charge in [0, 0.05) is 13.0 Å². The zero-order valence-electron chi connectivity index (χ0n) is 10.6. The Balaban J connectivity index is 2.44. The lowest BCUT2D eigenvalue weighted by Crippen LogP contribution is -2.47. The molecule has 0 aromatic carbocycles. The van der Waals surface area contributed by atoms with E-state index in [1.54, 1.807) is 0 Å². The SMILES string of the molecule is CCCC(NC(=O)CN1CCCCC1=O)C(=O)O. The van der Waals surface area contributed by atoms with E-state index in [-0.39, 0.29) is 12.5 Å². The molecule has 1 unspecified atom stereocenters. The Labute approximate surface area is 106 Å². The average molecular weight is 256 g/mol. The Morgan fingerprint density at radius 1 is 1.44 bits per heavy atom. The third-order valence-electron chi connectivity index (χ3n) is 2.97. The van der Waals surface area contributed by atoms with Gasteiger partial charge in [-0.1, -0.05) is 13.3 Å². The van der Waals surface area contributed by atoms with Crippen molar-refractivity contribution < 1.29 is 19.5 Å². The van der Waals surface area contributed by atoms with Crippen LogP contribution in [0.2, 0.25) is 0 Å². The first-order valence-electron chi connectivity index (χ1n) is 6.34. The number of aliphatic carboxylic acids is 1. The number of carboxylic acid groups (broad SMARTS) is 1. The fraction of sp³-hybridized carbons (Fsp3) is 0.750. The fourth-order valence-electron chi connectivity index (χ4n) is 1.99. The number of hydrogen-bond donors (Lipinski definition) is 2. The van der Waals surface area contributed by atoms with Gasteiger partial charge in [0.25, 0.3) is 0 Å². The maximum atomic E-state index is 11.7. The molecule has 1 heterocycles. The molecule has 6 nitrogen and oxygen atoms in total. The highest BCUT2D eigenvalue weighted by molar-refractivity contribution is 5.88. The fourth-order valence-corrected chi connectivity index (χ4v) is 1.99. The molecule has 0 radical (unpaired) electrons. The van der Waals surface area contributed by atoms with Crippen molar-refractivity contribution in [3.63, 3.8) is 0 Å².